The number of hydrogen-bond donors (Lipinski definition) is 2. The first-order chi connectivity index (χ1) is 15.9. The van der Waals surface area contributed by atoms with Gasteiger partial charge in [0.05, 0.1) is 24.9 Å². The molecule has 7 nitrogen and oxygen atoms in total. The number of phenols is 1. The number of nitrogens with zero attached hydrogens (tertiary/aromatic N) is 3. The first-order valence-corrected chi connectivity index (χ1v) is 10.7. The molecule has 2 aromatic heterocycles. The predicted octanol–water partition coefficient (Wildman–Crippen LogP) is 4.63. The minimum atomic E-state index is -0.290. The van der Waals surface area contributed by atoms with E-state index < -0.39 is 0 Å². The molecule has 0 saturated heterocycles. The highest BCUT2D eigenvalue weighted by Crippen LogP contribution is 2.34. The second-order valence-electron chi connectivity index (χ2n) is 8.30. The van der Waals surface area contributed by atoms with Crippen LogP contribution in [0.3, 0.4) is 0 Å². The highest BCUT2D eigenvalue weighted by molar-refractivity contribution is 6.07. The maximum atomic E-state index is 13.3. The van der Waals surface area contributed by atoms with Gasteiger partial charge in [0.2, 0.25) is 0 Å². The molecular weight excluding hydrogens is 416 g/mol. The zero-order chi connectivity index (χ0) is 23.3. The van der Waals surface area contributed by atoms with Crippen molar-refractivity contribution in [3.63, 3.8) is 0 Å². The predicted molar refractivity (Wildman–Crippen MR) is 129 cm³/mol. The Bertz CT molecular complexity index is 1560. The van der Waals surface area contributed by atoms with Gasteiger partial charge in [-0.3, -0.25) is 9.48 Å². The van der Waals surface area contributed by atoms with Crippen molar-refractivity contribution >= 4 is 21.8 Å². The Morgan fingerprint density at radius 1 is 1.06 bits per heavy atom. The van der Waals surface area contributed by atoms with Crippen molar-refractivity contribution in [3.8, 4) is 22.9 Å². The Hall–Kier alpha value is -4.13. The molecule has 0 saturated carbocycles. The van der Waals surface area contributed by atoms with Gasteiger partial charge in [0.25, 0.3) is 5.56 Å². The molecule has 2 N–H and O–H groups in total. The van der Waals surface area contributed by atoms with Crippen LogP contribution >= 0.6 is 0 Å². The van der Waals surface area contributed by atoms with E-state index in [1.807, 2.05) is 74.0 Å². The number of aromatic amines is 1. The first kappa shape index (κ1) is 20.8. The van der Waals surface area contributed by atoms with Gasteiger partial charge in [-0.25, -0.2) is 4.98 Å². The summed E-state index contributed by atoms with van der Waals surface area (Å²) in [5.41, 5.74) is 5.12. The van der Waals surface area contributed by atoms with E-state index in [1.165, 1.54) is 0 Å². The summed E-state index contributed by atoms with van der Waals surface area (Å²) in [6, 6.07) is 15.5. The van der Waals surface area contributed by atoms with Crippen molar-refractivity contribution in [2.45, 2.75) is 27.3 Å². The number of aromatic hydroxyl groups is 1. The Labute approximate surface area is 190 Å². The topological polar surface area (TPSA) is 93.0 Å². The van der Waals surface area contributed by atoms with Crippen LogP contribution in [-0.2, 0) is 6.54 Å². The molecule has 0 radical (unpaired) electrons. The van der Waals surface area contributed by atoms with Crippen molar-refractivity contribution in [2.75, 3.05) is 7.11 Å². The molecule has 0 amide bonds. The Morgan fingerprint density at radius 3 is 2.42 bits per heavy atom. The lowest BCUT2D eigenvalue weighted by atomic mass is 10.0. The molecule has 166 valence electrons. The van der Waals surface area contributed by atoms with Gasteiger partial charge in [-0.1, -0.05) is 30.3 Å². The van der Waals surface area contributed by atoms with Crippen LogP contribution in [0.2, 0.25) is 0 Å². The summed E-state index contributed by atoms with van der Waals surface area (Å²) in [5.74, 6) is 1.12. The average Bonchev–Trinajstić information content (AvgIpc) is 3.12. The lowest BCUT2D eigenvalue weighted by Gasteiger charge is -2.12. The smallest absolute Gasteiger partial charge is 0.262 e. The molecule has 2 heterocycles. The molecule has 0 aliphatic carbocycles. The molecule has 5 rings (SSSR count). The maximum Gasteiger partial charge on any atom is 0.262 e. The summed E-state index contributed by atoms with van der Waals surface area (Å²) in [7, 11) is 1.55. The van der Waals surface area contributed by atoms with Gasteiger partial charge in [-0.2, -0.15) is 5.10 Å². The Balaban J connectivity index is 1.84. The van der Waals surface area contributed by atoms with Crippen molar-refractivity contribution in [1.82, 2.24) is 19.7 Å². The van der Waals surface area contributed by atoms with E-state index in [9.17, 15) is 9.90 Å². The normalized spacial score (nSPS) is 11.4. The van der Waals surface area contributed by atoms with Crippen LogP contribution < -0.4 is 10.3 Å². The monoisotopic (exact) mass is 440 g/mol. The third-order valence-electron chi connectivity index (χ3n) is 6.00. The second-order valence-corrected chi connectivity index (χ2v) is 8.30. The highest BCUT2D eigenvalue weighted by Gasteiger charge is 2.20. The summed E-state index contributed by atoms with van der Waals surface area (Å²) >= 11 is 0. The molecule has 33 heavy (non-hydrogen) atoms. The molecule has 0 aliphatic heterocycles. The second kappa shape index (κ2) is 7.78. The van der Waals surface area contributed by atoms with Crippen LogP contribution in [0.15, 0.2) is 53.3 Å². The van der Waals surface area contributed by atoms with Crippen LogP contribution in [0, 0.1) is 20.8 Å². The minimum absolute atomic E-state index is 0.238. The fraction of sp³-hybridized carbons (Fsp3) is 0.192. The average molecular weight is 441 g/mol. The van der Waals surface area contributed by atoms with Crippen LogP contribution in [-0.4, -0.2) is 32.0 Å². The summed E-state index contributed by atoms with van der Waals surface area (Å²) < 4.78 is 7.46. The molecule has 7 heteroatoms. The highest BCUT2D eigenvalue weighted by atomic mass is 16.5. The van der Waals surface area contributed by atoms with Crippen LogP contribution in [0.25, 0.3) is 33.2 Å². The van der Waals surface area contributed by atoms with E-state index in [0.717, 1.165) is 27.7 Å². The fourth-order valence-corrected chi connectivity index (χ4v) is 4.36. The van der Waals surface area contributed by atoms with Crippen LogP contribution in [0.1, 0.15) is 22.4 Å². The zero-order valence-electron chi connectivity index (χ0n) is 18.9. The van der Waals surface area contributed by atoms with E-state index in [-0.39, 0.29) is 11.3 Å². The van der Waals surface area contributed by atoms with Gasteiger partial charge in [0.15, 0.2) is 0 Å². The van der Waals surface area contributed by atoms with E-state index >= 15 is 0 Å². The number of fused-ring (bicyclic) bond motifs is 3. The fourth-order valence-electron chi connectivity index (χ4n) is 4.36. The number of rotatable bonds is 4. The number of ether oxygens (including phenoxy) is 1. The zero-order valence-corrected chi connectivity index (χ0v) is 18.9. The van der Waals surface area contributed by atoms with Gasteiger partial charge in [0, 0.05) is 10.9 Å². The van der Waals surface area contributed by atoms with E-state index in [0.29, 0.717) is 40.1 Å². The van der Waals surface area contributed by atoms with E-state index in [4.69, 9.17) is 14.8 Å². The van der Waals surface area contributed by atoms with Gasteiger partial charge >= 0.3 is 0 Å². The number of nitrogens with one attached hydrogen (secondary N) is 1. The number of benzene rings is 3. The Kier molecular flexibility index (Phi) is 4.89. The third-order valence-corrected chi connectivity index (χ3v) is 6.00. The first-order valence-electron chi connectivity index (χ1n) is 10.7. The summed E-state index contributed by atoms with van der Waals surface area (Å²) in [4.78, 5) is 21.0. The SMILES string of the molecule is COc1cc2c(C)nn(Cc3ccccc3)c2c2nc(-c3cc(C)c(O)c(C)c3)[nH]c(=O)c12. The van der Waals surface area contributed by atoms with Crippen molar-refractivity contribution in [3.05, 3.63) is 81.3 Å². The number of phenolic OH excluding ortho intramolecular Hbond substituents is 1. The molecule has 0 atom stereocenters. The van der Waals surface area contributed by atoms with Crippen molar-refractivity contribution in [1.29, 1.82) is 0 Å². The molecular formula is C26H24N4O3. The molecule has 5 aromatic rings. The summed E-state index contributed by atoms with van der Waals surface area (Å²) in [5, 5.41) is 16.2. The maximum absolute atomic E-state index is 13.3. The lowest BCUT2D eigenvalue weighted by Crippen LogP contribution is -2.12. The number of H-pyrrole nitrogens is 1. The third kappa shape index (κ3) is 3.42. The molecule has 3 aromatic carbocycles. The van der Waals surface area contributed by atoms with Gasteiger partial charge in [0.1, 0.15) is 28.2 Å². The number of aryl methyl sites for hydroxylation is 3. The molecule has 0 aliphatic rings. The van der Waals surface area contributed by atoms with Gasteiger partial charge in [-0.05, 0) is 55.7 Å². The van der Waals surface area contributed by atoms with Crippen molar-refractivity contribution < 1.29 is 9.84 Å². The van der Waals surface area contributed by atoms with Crippen LogP contribution in [0.4, 0.5) is 0 Å². The number of aromatic nitrogens is 4. The Morgan fingerprint density at radius 2 is 1.76 bits per heavy atom. The van der Waals surface area contributed by atoms with Gasteiger partial charge in [-0.15, -0.1) is 0 Å². The van der Waals surface area contributed by atoms with Gasteiger partial charge < -0.3 is 14.8 Å². The minimum Gasteiger partial charge on any atom is -0.507 e. The molecule has 0 unspecified atom stereocenters. The lowest BCUT2D eigenvalue weighted by molar-refractivity contribution is 0.420. The molecule has 0 bridgehead atoms. The van der Waals surface area contributed by atoms with E-state index in [2.05, 4.69) is 4.98 Å². The number of hydrogen-bond acceptors (Lipinski definition) is 5. The van der Waals surface area contributed by atoms with Crippen LogP contribution in [0.5, 0.6) is 11.5 Å². The molecule has 0 fully saturated rings. The quantitative estimate of drug-likeness (QED) is 0.425. The van der Waals surface area contributed by atoms with E-state index in [1.54, 1.807) is 7.11 Å². The largest absolute Gasteiger partial charge is 0.507 e. The standard InChI is InChI=1S/C26H24N4O3/c1-14-10-18(11-15(2)24(14)31)25-27-22-21(26(32)28-25)20(33-4)12-19-16(3)29-30(23(19)22)13-17-8-6-5-7-9-17/h5-12,31H,13H2,1-4H3,(H,27,28,32). The molecule has 0 spiro atoms. The number of methoxy groups -OCH3 is 1. The van der Waals surface area contributed by atoms with Crippen molar-refractivity contribution in [2.24, 2.45) is 0 Å². The summed E-state index contributed by atoms with van der Waals surface area (Å²) in [6.07, 6.45) is 0. The summed E-state index contributed by atoms with van der Waals surface area (Å²) in [6.45, 7) is 6.14.